The summed E-state index contributed by atoms with van der Waals surface area (Å²) in [5.41, 5.74) is 6.77. The molecule has 0 spiro atoms. The molecule has 3 N–H and O–H groups in total. The third-order valence-corrected chi connectivity index (χ3v) is 6.94. The van der Waals surface area contributed by atoms with Gasteiger partial charge in [-0.15, -0.1) is 5.10 Å². The predicted octanol–water partition coefficient (Wildman–Crippen LogP) is 2.65. The van der Waals surface area contributed by atoms with E-state index in [9.17, 15) is 8.78 Å². The zero-order valence-electron chi connectivity index (χ0n) is 19.6. The van der Waals surface area contributed by atoms with Gasteiger partial charge in [0.25, 0.3) is 5.78 Å². The molecule has 0 aliphatic carbocycles. The number of nitrogens with two attached hydrogens (primary N) is 1. The molecule has 36 heavy (non-hydrogen) atoms. The molecule has 0 radical (unpaired) electrons. The van der Waals surface area contributed by atoms with Gasteiger partial charge in [-0.1, -0.05) is 0 Å². The van der Waals surface area contributed by atoms with Crippen LogP contribution in [0.2, 0.25) is 0 Å². The van der Waals surface area contributed by atoms with Crippen molar-refractivity contribution in [1.29, 1.82) is 0 Å². The molecule has 2 atom stereocenters. The van der Waals surface area contributed by atoms with E-state index in [0.29, 0.717) is 47.4 Å². The minimum atomic E-state index is -0.525. The molecular formula is C24H27F2N9O. The molecule has 12 heteroatoms. The van der Waals surface area contributed by atoms with Gasteiger partial charge >= 0.3 is 0 Å². The Morgan fingerprint density at radius 3 is 2.72 bits per heavy atom. The first-order valence-electron chi connectivity index (χ1n) is 12.1. The average molecular weight is 496 g/mol. The van der Waals surface area contributed by atoms with Gasteiger partial charge in [-0.2, -0.15) is 19.5 Å². The smallest absolute Gasteiger partial charge is 0.259 e. The highest BCUT2D eigenvalue weighted by Gasteiger charge is 2.33. The summed E-state index contributed by atoms with van der Waals surface area (Å²) in [7, 11) is 0. The lowest BCUT2D eigenvalue weighted by atomic mass is 9.91. The van der Waals surface area contributed by atoms with Crippen LogP contribution in [0.5, 0.6) is 0 Å². The van der Waals surface area contributed by atoms with Gasteiger partial charge in [0.05, 0.1) is 6.26 Å². The largest absolute Gasteiger partial charge is 0.461 e. The number of hydrogen-bond donors (Lipinski definition) is 2. The van der Waals surface area contributed by atoms with Crippen LogP contribution in [0.3, 0.4) is 0 Å². The lowest BCUT2D eigenvalue weighted by molar-refractivity contribution is 0.0273. The molecule has 0 saturated carbocycles. The molecule has 5 heterocycles. The van der Waals surface area contributed by atoms with Crippen LogP contribution in [0, 0.1) is 17.6 Å². The fourth-order valence-corrected chi connectivity index (χ4v) is 5.22. The van der Waals surface area contributed by atoms with Gasteiger partial charge < -0.3 is 15.5 Å². The molecular weight excluding hydrogens is 468 g/mol. The number of nitrogen functional groups attached to an aromatic ring is 1. The van der Waals surface area contributed by atoms with Crippen molar-refractivity contribution in [3.05, 3.63) is 53.8 Å². The maximum Gasteiger partial charge on any atom is 0.259 e. The summed E-state index contributed by atoms with van der Waals surface area (Å²) in [6.45, 7) is 4.98. The van der Waals surface area contributed by atoms with E-state index >= 15 is 0 Å². The Bertz CT molecular complexity index is 1340. The van der Waals surface area contributed by atoms with Crippen LogP contribution in [-0.2, 0) is 6.54 Å². The van der Waals surface area contributed by atoms with Crippen molar-refractivity contribution >= 4 is 17.7 Å². The molecule has 10 nitrogen and oxygen atoms in total. The Morgan fingerprint density at radius 2 is 1.92 bits per heavy atom. The summed E-state index contributed by atoms with van der Waals surface area (Å²) in [6.07, 6.45) is 3.70. The van der Waals surface area contributed by atoms with Crippen molar-refractivity contribution < 1.29 is 13.2 Å². The fourth-order valence-electron chi connectivity index (χ4n) is 5.22. The molecule has 2 saturated heterocycles. The summed E-state index contributed by atoms with van der Waals surface area (Å²) < 4.78 is 33.8. The molecule has 0 bridgehead atoms. The number of piperazine rings is 1. The number of halogens is 2. The molecule has 6 rings (SSSR count). The quantitative estimate of drug-likeness (QED) is 0.417. The van der Waals surface area contributed by atoms with E-state index in [-0.39, 0.29) is 5.95 Å². The summed E-state index contributed by atoms with van der Waals surface area (Å²) in [4.78, 5) is 18.0. The lowest BCUT2D eigenvalue weighted by Gasteiger charge is -2.46. The van der Waals surface area contributed by atoms with Crippen molar-refractivity contribution in [2.75, 3.05) is 43.8 Å². The standard InChI is InChI=1S/C24H27F2N9O/c25-17-8-16(9-18(26)10-17)12-33-5-6-34-13-15(3-4-19(34)14-33)11-28-23-30-22(27)35-24(31-23)29-21(32-35)20-2-1-7-36-20/h1-2,7-10,15,19H,3-6,11-14H2,(H3,27,28,29,30,31,32)/t15-,19+/m0/s1. The van der Waals surface area contributed by atoms with Crippen LogP contribution in [-0.4, -0.2) is 73.1 Å². The zero-order chi connectivity index (χ0) is 24.6. The van der Waals surface area contributed by atoms with Gasteiger partial charge in [0, 0.05) is 51.4 Å². The van der Waals surface area contributed by atoms with Crippen molar-refractivity contribution in [2.45, 2.75) is 25.4 Å². The predicted molar refractivity (Wildman–Crippen MR) is 129 cm³/mol. The zero-order valence-corrected chi connectivity index (χ0v) is 19.6. The van der Waals surface area contributed by atoms with E-state index in [0.717, 1.165) is 51.6 Å². The first-order chi connectivity index (χ1) is 17.5. The number of piperidine rings is 1. The van der Waals surface area contributed by atoms with Gasteiger partial charge in [0.1, 0.15) is 11.6 Å². The monoisotopic (exact) mass is 495 g/mol. The van der Waals surface area contributed by atoms with Crippen molar-refractivity contribution in [1.82, 2.24) is 34.4 Å². The molecule has 2 aliphatic heterocycles. The Balaban J connectivity index is 1.04. The molecule has 3 aromatic heterocycles. The molecule has 0 unspecified atom stereocenters. The SMILES string of the molecule is Nc1nc(NC[C@@H]2CC[C@@H]3CN(Cc4cc(F)cc(F)c4)CCN3C2)nc2nc(-c3ccco3)nn12. The number of benzene rings is 1. The highest BCUT2D eigenvalue weighted by molar-refractivity contribution is 5.52. The number of anilines is 2. The average Bonchev–Trinajstić information content (AvgIpc) is 3.52. The Morgan fingerprint density at radius 1 is 1.06 bits per heavy atom. The number of fused-ring (bicyclic) bond motifs is 2. The lowest BCUT2D eigenvalue weighted by Crippen LogP contribution is -2.56. The molecule has 4 aromatic rings. The highest BCUT2D eigenvalue weighted by atomic mass is 19.1. The van der Waals surface area contributed by atoms with Gasteiger partial charge in [-0.25, -0.2) is 8.78 Å². The first-order valence-corrected chi connectivity index (χ1v) is 12.1. The summed E-state index contributed by atoms with van der Waals surface area (Å²) >= 11 is 0. The van der Waals surface area contributed by atoms with Gasteiger partial charge in [0.2, 0.25) is 17.7 Å². The highest BCUT2D eigenvalue weighted by Crippen LogP contribution is 2.26. The first kappa shape index (κ1) is 22.8. The van der Waals surface area contributed by atoms with Crippen LogP contribution in [0.1, 0.15) is 18.4 Å². The minimum Gasteiger partial charge on any atom is -0.461 e. The van der Waals surface area contributed by atoms with E-state index in [1.165, 1.54) is 16.6 Å². The van der Waals surface area contributed by atoms with Crippen LogP contribution in [0.25, 0.3) is 17.4 Å². The normalized spacial score (nSPS) is 21.1. The Kier molecular flexibility index (Phi) is 5.97. The van der Waals surface area contributed by atoms with Crippen LogP contribution in [0.15, 0.2) is 41.0 Å². The van der Waals surface area contributed by atoms with E-state index < -0.39 is 11.6 Å². The van der Waals surface area contributed by atoms with E-state index in [1.54, 1.807) is 18.4 Å². The van der Waals surface area contributed by atoms with Crippen LogP contribution < -0.4 is 11.1 Å². The van der Waals surface area contributed by atoms with Crippen molar-refractivity contribution in [3.8, 4) is 11.6 Å². The van der Waals surface area contributed by atoms with Gasteiger partial charge in [-0.3, -0.25) is 9.80 Å². The summed E-state index contributed by atoms with van der Waals surface area (Å²) in [5, 5.41) is 7.64. The fraction of sp³-hybridized carbons (Fsp3) is 0.417. The van der Waals surface area contributed by atoms with Crippen molar-refractivity contribution in [2.24, 2.45) is 5.92 Å². The third kappa shape index (κ3) is 4.73. The summed E-state index contributed by atoms with van der Waals surface area (Å²) in [5.74, 6) is 1.31. The second-order valence-corrected chi connectivity index (χ2v) is 9.52. The topological polar surface area (TPSA) is 114 Å². The molecule has 1 aromatic carbocycles. The molecule has 0 amide bonds. The Labute approximate surface area is 206 Å². The second kappa shape index (κ2) is 9.43. The summed E-state index contributed by atoms with van der Waals surface area (Å²) in [6, 6.07) is 7.74. The minimum absolute atomic E-state index is 0.200. The third-order valence-electron chi connectivity index (χ3n) is 6.94. The number of nitrogens with one attached hydrogen (secondary N) is 1. The molecule has 2 fully saturated rings. The maximum absolute atomic E-state index is 13.5. The number of aromatic nitrogens is 5. The number of furan rings is 1. The number of nitrogens with zero attached hydrogens (tertiary/aromatic N) is 7. The number of hydrogen-bond acceptors (Lipinski definition) is 9. The van der Waals surface area contributed by atoms with E-state index in [4.69, 9.17) is 10.2 Å². The second-order valence-electron chi connectivity index (χ2n) is 9.52. The van der Waals surface area contributed by atoms with Gasteiger partial charge in [0.15, 0.2) is 5.76 Å². The molecule has 2 aliphatic rings. The number of rotatable bonds is 6. The van der Waals surface area contributed by atoms with Gasteiger partial charge in [-0.05, 0) is 48.6 Å². The van der Waals surface area contributed by atoms with Crippen molar-refractivity contribution in [3.63, 3.8) is 0 Å². The van der Waals surface area contributed by atoms with E-state index in [1.807, 2.05) is 0 Å². The molecule has 188 valence electrons. The maximum atomic E-state index is 13.5. The van der Waals surface area contributed by atoms with Crippen LogP contribution >= 0.6 is 0 Å². The van der Waals surface area contributed by atoms with Crippen LogP contribution in [0.4, 0.5) is 20.7 Å². The Hall–Kier alpha value is -3.64. The van der Waals surface area contributed by atoms with E-state index in [2.05, 4.69) is 35.2 Å².